The van der Waals surface area contributed by atoms with Crippen LogP contribution >= 0.6 is 0 Å². The predicted molar refractivity (Wildman–Crippen MR) is 116 cm³/mol. The number of aromatic amines is 1. The fourth-order valence-electron chi connectivity index (χ4n) is 3.72. The van der Waals surface area contributed by atoms with E-state index in [0.717, 1.165) is 36.4 Å². The van der Waals surface area contributed by atoms with Gasteiger partial charge in [0.05, 0.1) is 17.8 Å². The molecular formula is C22H28N6O2. The van der Waals surface area contributed by atoms with Crippen LogP contribution in [0.1, 0.15) is 36.8 Å². The van der Waals surface area contributed by atoms with Gasteiger partial charge in [0, 0.05) is 62.0 Å². The highest BCUT2D eigenvalue weighted by Gasteiger charge is 2.24. The molecule has 1 N–H and O–H groups in total. The number of hydrogen-bond donors (Lipinski definition) is 1. The number of carbonyl (C=O) groups excluding carboxylic acids is 1. The van der Waals surface area contributed by atoms with Crippen LogP contribution in [0.4, 0.5) is 0 Å². The second-order valence-corrected chi connectivity index (χ2v) is 8.77. The van der Waals surface area contributed by atoms with Crippen LogP contribution in [-0.2, 0) is 12.0 Å². The standard InChI is InChI=1S/C22H28N6O2/c1-22(2,3)18-6-7-19(29)28(25-18)14-11-26-9-12-27(13-10-26)21(30)17-15-24-20-16(17)5-4-8-23-20/h4-8,15H,9-14H2,1-3H3,(H,23,24). The van der Waals surface area contributed by atoms with Crippen molar-refractivity contribution in [2.75, 3.05) is 32.7 Å². The van der Waals surface area contributed by atoms with Crippen molar-refractivity contribution in [1.29, 1.82) is 0 Å². The highest BCUT2D eigenvalue weighted by molar-refractivity contribution is 6.05. The molecule has 1 aliphatic heterocycles. The first kappa shape index (κ1) is 20.3. The largest absolute Gasteiger partial charge is 0.345 e. The Morgan fingerprint density at radius 3 is 2.60 bits per heavy atom. The van der Waals surface area contributed by atoms with Crippen LogP contribution in [0.5, 0.6) is 0 Å². The number of piperazine rings is 1. The highest BCUT2D eigenvalue weighted by Crippen LogP contribution is 2.19. The Morgan fingerprint density at radius 1 is 1.10 bits per heavy atom. The van der Waals surface area contributed by atoms with Gasteiger partial charge in [0.25, 0.3) is 11.5 Å². The summed E-state index contributed by atoms with van der Waals surface area (Å²) in [5, 5.41) is 5.39. The van der Waals surface area contributed by atoms with E-state index < -0.39 is 0 Å². The van der Waals surface area contributed by atoms with E-state index in [1.807, 2.05) is 23.1 Å². The zero-order valence-corrected chi connectivity index (χ0v) is 17.8. The van der Waals surface area contributed by atoms with Gasteiger partial charge in [-0.25, -0.2) is 9.67 Å². The summed E-state index contributed by atoms with van der Waals surface area (Å²) >= 11 is 0. The van der Waals surface area contributed by atoms with Gasteiger partial charge in [0.2, 0.25) is 0 Å². The normalized spacial score (nSPS) is 15.6. The smallest absolute Gasteiger partial charge is 0.266 e. The molecule has 3 aromatic rings. The molecule has 0 atom stereocenters. The van der Waals surface area contributed by atoms with Gasteiger partial charge in [-0.2, -0.15) is 5.10 Å². The maximum atomic E-state index is 12.9. The predicted octanol–water partition coefficient (Wildman–Crippen LogP) is 1.88. The lowest BCUT2D eigenvalue weighted by molar-refractivity contribution is 0.0633. The lowest BCUT2D eigenvalue weighted by atomic mass is 9.92. The van der Waals surface area contributed by atoms with E-state index in [4.69, 9.17) is 0 Å². The number of nitrogens with one attached hydrogen (secondary N) is 1. The second kappa shape index (κ2) is 8.02. The zero-order chi connectivity index (χ0) is 21.3. The summed E-state index contributed by atoms with van der Waals surface area (Å²) in [6.07, 6.45) is 3.45. The molecule has 1 aliphatic rings. The SMILES string of the molecule is CC(C)(C)c1ccc(=O)n(CCN2CCN(C(=O)c3c[nH]c4ncccc34)CC2)n1. The van der Waals surface area contributed by atoms with E-state index in [1.54, 1.807) is 23.1 Å². The molecule has 0 spiro atoms. The van der Waals surface area contributed by atoms with Crippen molar-refractivity contribution in [1.82, 2.24) is 29.5 Å². The second-order valence-electron chi connectivity index (χ2n) is 8.77. The first-order valence-corrected chi connectivity index (χ1v) is 10.4. The van der Waals surface area contributed by atoms with Crippen LogP contribution in [0.2, 0.25) is 0 Å². The fourth-order valence-corrected chi connectivity index (χ4v) is 3.72. The maximum Gasteiger partial charge on any atom is 0.266 e. The molecule has 0 bridgehead atoms. The number of amides is 1. The van der Waals surface area contributed by atoms with Gasteiger partial charge >= 0.3 is 0 Å². The summed E-state index contributed by atoms with van der Waals surface area (Å²) < 4.78 is 1.55. The van der Waals surface area contributed by atoms with Gasteiger partial charge in [-0.15, -0.1) is 0 Å². The first-order chi connectivity index (χ1) is 14.3. The van der Waals surface area contributed by atoms with E-state index in [0.29, 0.717) is 25.2 Å². The van der Waals surface area contributed by atoms with Crippen LogP contribution in [0.25, 0.3) is 11.0 Å². The van der Waals surface area contributed by atoms with Crippen LogP contribution in [0.15, 0.2) is 41.5 Å². The molecule has 1 amide bonds. The van der Waals surface area contributed by atoms with E-state index in [9.17, 15) is 9.59 Å². The van der Waals surface area contributed by atoms with Crippen molar-refractivity contribution in [3.8, 4) is 0 Å². The summed E-state index contributed by atoms with van der Waals surface area (Å²) in [5.41, 5.74) is 2.13. The van der Waals surface area contributed by atoms with Gasteiger partial charge in [-0.1, -0.05) is 20.8 Å². The molecule has 0 aromatic carbocycles. The summed E-state index contributed by atoms with van der Waals surface area (Å²) in [6.45, 7) is 10.4. The van der Waals surface area contributed by atoms with Crippen molar-refractivity contribution in [2.45, 2.75) is 32.7 Å². The van der Waals surface area contributed by atoms with Gasteiger partial charge in [-0.05, 0) is 18.2 Å². The average molecular weight is 409 g/mol. The lowest BCUT2D eigenvalue weighted by Gasteiger charge is -2.34. The molecule has 158 valence electrons. The summed E-state index contributed by atoms with van der Waals surface area (Å²) in [6, 6.07) is 7.16. The number of aromatic nitrogens is 4. The number of H-pyrrole nitrogens is 1. The van der Waals surface area contributed by atoms with Crippen molar-refractivity contribution in [2.24, 2.45) is 0 Å². The Balaban J connectivity index is 1.35. The topological polar surface area (TPSA) is 87.1 Å². The Morgan fingerprint density at radius 2 is 1.87 bits per heavy atom. The molecule has 4 rings (SSSR count). The van der Waals surface area contributed by atoms with Crippen LogP contribution < -0.4 is 5.56 Å². The molecule has 1 saturated heterocycles. The van der Waals surface area contributed by atoms with Crippen LogP contribution in [0.3, 0.4) is 0 Å². The van der Waals surface area contributed by atoms with E-state index in [2.05, 4.69) is 40.7 Å². The first-order valence-electron chi connectivity index (χ1n) is 10.4. The summed E-state index contributed by atoms with van der Waals surface area (Å²) in [5.74, 6) is 0.0321. The number of fused-ring (bicyclic) bond motifs is 1. The molecule has 30 heavy (non-hydrogen) atoms. The number of carbonyl (C=O) groups is 1. The van der Waals surface area contributed by atoms with Crippen molar-refractivity contribution < 1.29 is 4.79 Å². The Labute approximate surface area is 175 Å². The monoisotopic (exact) mass is 408 g/mol. The summed E-state index contributed by atoms with van der Waals surface area (Å²) in [7, 11) is 0. The van der Waals surface area contributed by atoms with Crippen LogP contribution in [0, 0.1) is 0 Å². The summed E-state index contributed by atoms with van der Waals surface area (Å²) in [4.78, 5) is 36.6. The minimum absolute atomic E-state index is 0.0321. The minimum Gasteiger partial charge on any atom is -0.345 e. The van der Waals surface area contributed by atoms with E-state index >= 15 is 0 Å². The third-order valence-electron chi connectivity index (χ3n) is 5.60. The molecule has 0 saturated carbocycles. The zero-order valence-electron chi connectivity index (χ0n) is 17.8. The van der Waals surface area contributed by atoms with Crippen LogP contribution in [-0.4, -0.2) is 68.2 Å². The molecule has 1 fully saturated rings. The molecule has 8 heteroatoms. The Kier molecular flexibility index (Phi) is 5.42. The molecule has 3 aromatic heterocycles. The van der Waals surface area contributed by atoms with Crippen molar-refractivity contribution in [3.63, 3.8) is 0 Å². The number of rotatable bonds is 4. The molecule has 4 heterocycles. The number of pyridine rings is 1. The molecule has 0 radical (unpaired) electrons. The van der Waals surface area contributed by atoms with Gasteiger partial charge in [-0.3, -0.25) is 14.5 Å². The molecular weight excluding hydrogens is 380 g/mol. The Hall–Kier alpha value is -3.00. The lowest BCUT2D eigenvalue weighted by Crippen LogP contribution is -2.49. The van der Waals surface area contributed by atoms with Gasteiger partial charge < -0.3 is 9.88 Å². The van der Waals surface area contributed by atoms with Crippen molar-refractivity contribution in [3.05, 3.63) is 58.3 Å². The minimum atomic E-state index is -0.0979. The maximum absolute atomic E-state index is 12.9. The van der Waals surface area contributed by atoms with Crippen molar-refractivity contribution >= 4 is 16.9 Å². The highest BCUT2D eigenvalue weighted by atomic mass is 16.2. The third kappa shape index (κ3) is 4.14. The quantitative estimate of drug-likeness (QED) is 0.712. The average Bonchev–Trinajstić information content (AvgIpc) is 3.16. The van der Waals surface area contributed by atoms with E-state index in [-0.39, 0.29) is 16.9 Å². The number of hydrogen-bond acceptors (Lipinski definition) is 5. The van der Waals surface area contributed by atoms with E-state index in [1.165, 1.54) is 0 Å². The molecule has 8 nitrogen and oxygen atoms in total. The molecule has 0 unspecified atom stereocenters. The third-order valence-corrected chi connectivity index (χ3v) is 5.60. The van der Waals surface area contributed by atoms with Gasteiger partial charge in [0.1, 0.15) is 5.65 Å². The molecule has 0 aliphatic carbocycles. The fraction of sp³-hybridized carbons (Fsp3) is 0.455. The Bertz CT molecular complexity index is 1100. The number of nitrogens with zero attached hydrogens (tertiary/aromatic N) is 5. The van der Waals surface area contributed by atoms with Gasteiger partial charge in [0.15, 0.2) is 0 Å².